The van der Waals surface area contributed by atoms with E-state index >= 15 is 0 Å². The number of halogens is 2. The van der Waals surface area contributed by atoms with Gasteiger partial charge in [0.15, 0.2) is 4.73 Å². The van der Waals surface area contributed by atoms with E-state index in [9.17, 15) is 0 Å². The first kappa shape index (κ1) is 8.77. The molecule has 1 N–H and O–H groups in total. The number of hydrogen-bond acceptors (Lipinski definition) is 3. The van der Waals surface area contributed by atoms with Crippen LogP contribution in [0.15, 0.2) is 28.2 Å². The highest BCUT2D eigenvalue weighted by atomic mass is 79.9. The molecule has 2 heterocycles. The number of aromatic nitrogens is 2. The average Bonchev–Trinajstić information content (AvgIpc) is 2.53. The normalized spacial score (nSPS) is 21.1. The van der Waals surface area contributed by atoms with Crippen molar-refractivity contribution in [2.75, 3.05) is 4.90 Å². The van der Waals surface area contributed by atoms with Crippen LogP contribution in [0.3, 0.4) is 0 Å². The second kappa shape index (κ2) is 3.51. The van der Waals surface area contributed by atoms with Crippen molar-refractivity contribution in [2.45, 2.75) is 5.62 Å². The number of H-pyrrole nitrogens is 1. The number of aliphatic imine (C=N–C) groups is 1. The van der Waals surface area contributed by atoms with Gasteiger partial charge in [-0.2, -0.15) is 0 Å². The summed E-state index contributed by atoms with van der Waals surface area (Å²) in [7, 11) is 0. The summed E-state index contributed by atoms with van der Waals surface area (Å²) in [4.78, 5) is 12.8. The lowest BCUT2D eigenvalue weighted by atomic mass is 10.5. The molecule has 1 atom stereocenters. The molecule has 1 unspecified atom stereocenters. The molecule has 0 amide bonds. The number of imidazole rings is 1. The highest BCUT2D eigenvalue weighted by molar-refractivity contribution is 9.10. The molecular formula is C7H6BrClN4. The van der Waals surface area contributed by atoms with E-state index < -0.39 is 5.62 Å². The third kappa shape index (κ3) is 1.76. The van der Waals surface area contributed by atoms with E-state index in [1.807, 2.05) is 12.3 Å². The summed E-state index contributed by atoms with van der Waals surface area (Å²) in [5, 5.41) is 0. The smallest absolute Gasteiger partial charge is 0.202 e. The van der Waals surface area contributed by atoms with Crippen LogP contribution in [0.1, 0.15) is 0 Å². The van der Waals surface area contributed by atoms with Crippen molar-refractivity contribution >= 4 is 39.6 Å². The molecule has 1 aromatic rings. The molecule has 6 heteroatoms. The first-order valence-electron chi connectivity index (χ1n) is 3.60. The highest BCUT2D eigenvalue weighted by Crippen LogP contribution is 2.21. The molecule has 0 radical (unpaired) electrons. The zero-order chi connectivity index (χ0) is 9.26. The first-order chi connectivity index (χ1) is 6.27. The van der Waals surface area contributed by atoms with Crippen LogP contribution in [0.5, 0.6) is 0 Å². The minimum Gasteiger partial charge on any atom is -0.319 e. The van der Waals surface area contributed by atoms with E-state index in [2.05, 4.69) is 30.9 Å². The maximum absolute atomic E-state index is 5.94. The molecule has 68 valence electrons. The molecule has 1 aliphatic heterocycles. The lowest BCUT2D eigenvalue weighted by Crippen LogP contribution is -2.26. The fourth-order valence-corrected chi connectivity index (χ4v) is 1.55. The Balaban J connectivity index is 2.26. The number of nitrogens with zero attached hydrogens (tertiary/aromatic N) is 3. The summed E-state index contributed by atoms with van der Waals surface area (Å²) in [5.74, 6) is 0.806. The number of hydrogen-bond donors (Lipinski definition) is 1. The van der Waals surface area contributed by atoms with Crippen molar-refractivity contribution in [1.82, 2.24) is 9.97 Å². The van der Waals surface area contributed by atoms with Gasteiger partial charge in [-0.25, -0.2) is 4.98 Å². The van der Waals surface area contributed by atoms with Gasteiger partial charge < -0.3 is 4.98 Å². The first-order valence-corrected chi connectivity index (χ1v) is 4.83. The molecule has 13 heavy (non-hydrogen) atoms. The maximum atomic E-state index is 5.94. The van der Waals surface area contributed by atoms with Gasteiger partial charge in [0.2, 0.25) is 5.62 Å². The second-order valence-electron chi connectivity index (χ2n) is 2.42. The van der Waals surface area contributed by atoms with E-state index in [1.54, 1.807) is 17.3 Å². The fourth-order valence-electron chi connectivity index (χ4n) is 1.01. The molecule has 2 rings (SSSR count). The van der Waals surface area contributed by atoms with Crippen LogP contribution in [0, 0.1) is 0 Å². The lowest BCUT2D eigenvalue weighted by Gasteiger charge is -2.22. The largest absolute Gasteiger partial charge is 0.319 e. The molecule has 1 aliphatic rings. The quantitative estimate of drug-likeness (QED) is 0.621. The van der Waals surface area contributed by atoms with Crippen molar-refractivity contribution < 1.29 is 0 Å². The molecule has 0 saturated carbocycles. The zero-order valence-electron chi connectivity index (χ0n) is 6.48. The third-order valence-electron chi connectivity index (χ3n) is 1.58. The summed E-state index contributed by atoms with van der Waals surface area (Å²) >= 11 is 9.16. The summed E-state index contributed by atoms with van der Waals surface area (Å²) in [6.45, 7) is 0. The van der Waals surface area contributed by atoms with Crippen molar-refractivity contribution in [1.29, 1.82) is 0 Å². The van der Waals surface area contributed by atoms with Gasteiger partial charge >= 0.3 is 0 Å². The molecule has 0 bridgehead atoms. The average molecular weight is 262 g/mol. The van der Waals surface area contributed by atoms with E-state index in [-0.39, 0.29) is 0 Å². The van der Waals surface area contributed by atoms with Crippen molar-refractivity contribution in [3.05, 3.63) is 23.2 Å². The van der Waals surface area contributed by atoms with Crippen LogP contribution in [-0.2, 0) is 0 Å². The van der Waals surface area contributed by atoms with Crippen molar-refractivity contribution in [3.8, 4) is 0 Å². The lowest BCUT2D eigenvalue weighted by molar-refractivity contribution is 0.878. The maximum Gasteiger partial charge on any atom is 0.202 e. The third-order valence-corrected chi connectivity index (χ3v) is 2.31. The van der Waals surface area contributed by atoms with Crippen LogP contribution in [0.25, 0.3) is 0 Å². The Morgan fingerprint density at radius 3 is 3.08 bits per heavy atom. The summed E-state index contributed by atoms with van der Waals surface area (Å²) in [6.07, 6.45) is 7.00. The fraction of sp³-hybridized carbons (Fsp3) is 0.143. The number of alkyl halides is 1. The zero-order valence-corrected chi connectivity index (χ0v) is 8.83. The Labute approximate surface area is 88.5 Å². The molecule has 0 fully saturated rings. The Bertz CT molecular complexity index is 359. The summed E-state index contributed by atoms with van der Waals surface area (Å²) < 4.78 is 0.675. The Morgan fingerprint density at radius 2 is 2.46 bits per heavy atom. The van der Waals surface area contributed by atoms with E-state index in [0.717, 1.165) is 5.82 Å². The van der Waals surface area contributed by atoms with Crippen molar-refractivity contribution in [3.63, 3.8) is 0 Å². The van der Waals surface area contributed by atoms with Gasteiger partial charge in [-0.1, -0.05) is 11.6 Å². The number of rotatable bonds is 1. The van der Waals surface area contributed by atoms with Gasteiger partial charge in [0.1, 0.15) is 5.82 Å². The SMILES string of the molecule is ClC1N=CC=CN1c1cnc(Br)[nH]1. The topological polar surface area (TPSA) is 44.3 Å². The van der Waals surface area contributed by atoms with Gasteiger partial charge in [0, 0.05) is 12.4 Å². The van der Waals surface area contributed by atoms with Gasteiger partial charge in [0.25, 0.3) is 0 Å². The van der Waals surface area contributed by atoms with Crippen LogP contribution >= 0.6 is 27.5 Å². The minimum atomic E-state index is -0.405. The molecule has 0 aliphatic carbocycles. The predicted molar refractivity (Wildman–Crippen MR) is 56.0 cm³/mol. The van der Waals surface area contributed by atoms with E-state index in [1.165, 1.54) is 0 Å². The number of aromatic amines is 1. The van der Waals surface area contributed by atoms with Gasteiger partial charge in [-0.15, -0.1) is 0 Å². The Hall–Kier alpha value is -0.810. The second-order valence-corrected chi connectivity index (χ2v) is 3.56. The predicted octanol–water partition coefficient (Wildman–Crippen LogP) is 2.10. The monoisotopic (exact) mass is 260 g/mol. The van der Waals surface area contributed by atoms with Crippen LogP contribution in [-0.4, -0.2) is 21.8 Å². The van der Waals surface area contributed by atoms with Gasteiger partial charge in [-0.05, 0) is 22.0 Å². The molecular weight excluding hydrogens is 255 g/mol. The molecule has 0 spiro atoms. The van der Waals surface area contributed by atoms with Crippen LogP contribution in [0.4, 0.5) is 5.82 Å². The van der Waals surface area contributed by atoms with E-state index in [0.29, 0.717) is 4.73 Å². The van der Waals surface area contributed by atoms with Crippen LogP contribution < -0.4 is 4.90 Å². The highest BCUT2D eigenvalue weighted by Gasteiger charge is 2.15. The molecule has 1 aromatic heterocycles. The number of allylic oxidation sites excluding steroid dienone is 1. The molecule has 0 aromatic carbocycles. The molecule has 0 saturated heterocycles. The Kier molecular flexibility index (Phi) is 2.37. The van der Waals surface area contributed by atoms with Crippen molar-refractivity contribution in [2.24, 2.45) is 4.99 Å². The van der Waals surface area contributed by atoms with E-state index in [4.69, 9.17) is 11.6 Å². The van der Waals surface area contributed by atoms with Crippen LogP contribution in [0.2, 0.25) is 0 Å². The standard InChI is InChI=1S/C7H6BrClN4/c8-6-11-4-5(12-6)13-3-1-2-10-7(13)9/h1-4,7H,(H,11,12). The van der Waals surface area contributed by atoms with Gasteiger partial charge in [0.05, 0.1) is 6.20 Å². The minimum absolute atomic E-state index is 0.405. The summed E-state index contributed by atoms with van der Waals surface area (Å²) in [6, 6.07) is 0. The Morgan fingerprint density at radius 1 is 1.62 bits per heavy atom. The number of nitrogens with one attached hydrogen (secondary N) is 1. The molecule has 4 nitrogen and oxygen atoms in total. The number of anilines is 1. The summed E-state index contributed by atoms with van der Waals surface area (Å²) in [5.41, 5.74) is -0.405. The van der Waals surface area contributed by atoms with Gasteiger partial charge in [-0.3, -0.25) is 9.89 Å².